The van der Waals surface area contributed by atoms with E-state index in [1.54, 1.807) is 0 Å². The van der Waals surface area contributed by atoms with Gasteiger partial charge in [0.2, 0.25) is 0 Å². The minimum atomic E-state index is -0.543. The molecule has 1 atom stereocenters. The van der Waals surface area contributed by atoms with E-state index < -0.39 is 8.30 Å². The highest BCUT2D eigenvalue weighted by Gasteiger charge is 2.23. The highest BCUT2D eigenvalue weighted by atomic mass is 127. The lowest BCUT2D eigenvalue weighted by Gasteiger charge is -2.36. The van der Waals surface area contributed by atoms with Gasteiger partial charge in [-0.25, -0.2) is 0 Å². The standard InChI is InChI=1S/C10H20IN2OP/c1-9(2)13(10(3)4)15(8-11)14-7-5-6-12/h9-10H,5,7-8H2,1-4H3. The first-order chi connectivity index (χ1) is 7.04. The van der Waals surface area contributed by atoms with Crippen LogP contribution in [0.4, 0.5) is 0 Å². The van der Waals surface area contributed by atoms with Crippen LogP contribution in [-0.4, -0.2) is 27.5 Å². The molecule has 0 aromatic rings. The topological polar surface area (TPSA) is 36.3 Å². The Kier molecular flexibility index (Phi) is 9.02. The third-order valence-electron chi connectivity index (χ3n) is 1.87. The van der Waals surface area contributed by atoms with Crippen molar-refractivity contribution in [2.45, 2.75) is 46.2 Å². The van der Waals surface area contributed by atoms with Crippen molar-refractivity contribution in [3.63, 3.8) is 0 Å². The van der Waals surface area contributed by atoms with E-state index in [-0.39, 0.29) is 0 Å². The van der Waals surface area contributed by atoms with Crippen molar-refractivity contribution in [2.24, 2.45) is 0 Å². The monoisotopic (exact) mass is 342 g/mol. The summed E-state index contributed by atoms with van der Waals surface area (Å²) < 4.78 is 9.17. The summed E-state index contributed by atoms with van der Waals surface area (Å²) in [6.07, 6.45) is 0.486. The normalized spacial score (nSPS) is 13.5. The molecule has 0 aromatic carbocycles. The quantitative estimate of drug-likeness (QED) is 0.306. The molecule has 0 amide bonds. The summed E-state index contributed by atoms with van der Waals surface area (Å²) in [4.78, 5) is 0. The lowest BCUT2D eigenvalue weighted by Crippen LogP contribution is -2.33. The van der Waals surface area contributed by atoms with E-state index in [0.29, 0.717) is 25.1 Å². The molecular weight excluding hydrogens is 322 g/mol. The van der Waals surface area contributed by atoms with Crippen LogP contribution in [0.2, 0.25) is 0 Å². The van der Waals surface area contributed by atoms with Crippen LogP contribution in [0, 0.1) is 11.3 Å². The predicted molar refractivity (Wildman–Crippen MR) is 74.1 cm³/mol. The third-order valence-corrected chi connectivity index (χ3v) is 5.75. The molecule has 88 valence electrons. The minimum Gasteiger partial charge on any atom is -0.342 e. The molecule has 3 nitrogen and oxygen atoms in total. The van der Waals surface area contributed by atoms with Gasteiger partial charge in [0.05, 0.1) is 23.3 Å². The summed E-state index contributed by atoms with van der Waals surface area (Å²) in [6, 6.07) is 3.10. The van der Waals surface area contributed by atoms with Gasteiger partial charge in [-0.2, -0.15) is 5.26 Å². The van der Waals surface area contributed by atoms with Crippen molar-refractivity contribution in [3.05, 3.63) is 0 Å². The molecule has 0 N–H and O–H groups in total. The zero-order valence-corrected chi connectivity index (χ0v) is 13.0. The third kappa shape index (κ3) is 6.01. The van der Waals surface area contributed by atoms with Gasteiger partial charge in [-0.3, -0.25) is 4.67 Å². The largest absolute Gasteiger partial charge is 0.342 e. The number of nitriles is 1. The molecule has 0 radical (unpaired) electrons. The van der Waals surface area contributed by atoms with E-state index in [0.717, 1.165) is 4.17 Å². The fourth-order valence-corrected chi connectivity index (χ4v) is 4.78. The van der Waals surface area contributed by atoms with E-state index in [2.05, 4.69) is 61.0 Å². The van der Waals surface area contributed by atoms with Gasteiger partial charge in [-0.05, 0) is 27.7 Å². The van der Waals surface area contributed by atoms with Gasteiger partial charge in [-0.15, -0.1) is 0 Å². The lowest BCUT2D eigenvalue weighted by atomic mass is 10.3. The van der Waals surface area contributed by atoms with Crippen LogP contribution in [0.15, 0.2) is 0 Å². The number of rotatable bonds is 7. The molecular formula is C10H20IN2OP. The molecule has 0 fully saturated rings. The van der Waals surface area contributed by atoms with Crippen molar-refractivity contribution in [1.29, 1.82) is 5.26 Å². The average molecular weight is 342 g/mol. The first-order valence-corrected chi connectivity index (χ1v) is 8.08. The Morgan fingerprint density at radius 3 is 2.20 bits per heavy atom. The van der Waals surface area contributed by atoms with E-state index in [9.17, 15) is 0 Å². The first-order valence-electron chi connectivity index (χ1n) is 5.16. The lowest BCUT2D eigenvalue weighted by molar-refractivity contribution is 0.259. The molecule has 0 aliphatic carbocycles. The second kappa shape index (κ2) is 8.69. The zero-order chi connectivity index (χ0) is 11.8. The van der Waals surface area contributed by atoms with E-state index in [1.807, 2.05) is 0 Å². The molecule has 0 saturated heterocycles. The number of alkyl halides is 1. The molecule has 0 rings (SSSR count). The number of nitrogens with zero attached hydrogens (tertiary/aromatic N) is 2. The smallest absolute Gasteiger partial charge is 0.114 e. The van der Waals surface area contributed by atoms with E-state index in [4.69, 9.17) is 9.79 Å². The fraction of sp³-hybridized carbons (Fsp3) is 0.900. The number of hydrogen-bond acceptors (Lipinski definition) is 3. The second-order valence-electron chi connectivity index (χ2n) is 3.78. The Morgan fingerprint density at radius 2 is 1.87 bits per heavy atom. The molecule has 1 unspecified atom stereocenters. The van der Waals surface area contributed by atoms with Crippen molar-refractivity contribution in [3.8, 4) is 6.07 Å². The van der Waals surface area contributed by atoms with Gasteiger partial charge >= 0.3 is 0 Å². The molecule has 0 aromatic heterocycles. The maximum atomic E-state index is 8.47. The predicted octanol–water partition coefficient (Wildman–Crippen LogP) is 3.74. The van der Waals surface area contributed by atoms with Crippen molar-refractivity contribution in [2.75, 3.05) is 10.8 Å². The molecule has 15 heavy (non-hydrogen) atoms. The van der Waals surface area contributed by atoms with Crippen LogP contribution in [0.25, 0.3) is 0 Å². The highest BCUT2D eigenvalue weighted by Crippen LogP contribution is 2.46. The molecule has 5 heteroatoms. The second-order valence-corrected chi connectivity index (χ2v) is 7.49. The fourth-order valence-electron chi connectivity index (χ4n) is 1.47. The zero-order valence-electron chi connectivity index (χ0n) is 9.90. The molecule has 0 heterocycles. The molecule has 0 bridgehead atoms. The summed E-state index contributed by atoms with van der Waals surface area (Å²) in [5.74, 6) is 0. The van der Waals surface area contributed by atoms with E-state index >= 15 is 0 Å². The average Bonchev–Trinajstić information content (AvgIpc) is 2.15. The van der Waals surface area contributed by atoms with Crippen LogP contribution >= 0.6 is 30.9 Å². The maximum absolute atomic E-state index is 8.47. The van der Waals surface area contributed by atoms with Gasteiger partial charge in [0.25, 0.3) is 0 Å². The van der Waals surface area contributed by atoms with Gasteiger partial charge in [0, 0.05) is 12.1 Å². The summed E-state index contributed by atoms with van der Waals surface area (Å²) in [5, 5.41) is 8.47. The number of hydrogen-bond donors (Lipinski definition) is 0. The van der Waals surface area contributed by atoms with Crippen LogP contribution in [0.5, 0.6) is 0 Å². The molecule has 0 aliphatic heterocycles. The van der Waals surface area contributed by atoms with Crippen LogP contribution in [0.1, 0.15) is 34.1 Å². The Balaban J connectivity index is 4.27. The van der Waals surface area contributed by atoms with Gasteiger partial charge in [-0.1, -0.05) is 22.6 Å². The van der Waals surface area contributed by atoms with Gasteiger partial charge < -0.3 is 4.52 Å². The number of halogens is 1. The van der Waals surface area contributed by atoms with Crippen LogP contribution in [0.3, 0.4) is 0 Å². The minimum absolute atomic E-state index is 0.486. The molecule has 0 saturated carbocycles. The van der Waals surface area contributed by atoms with E-state index in [1.165, 1.54) is 0 Å². The Bertz CT molecular complexity index is 198. The molecule has 0 aliphatic rings. The van der Waals surface area contributed by atoms with Crippen LogP contribution in [-0.2, 0) is 4.52 Å². The Hall–Kier alpha value is 0.570. The summed E-state index contributed by atoms with van der Waals surface area (Å²) in [6.45, 7) is 9.32. The van der Waals surface area contributed by atoms with Crippen molar-refractivity contribution in [1.82, 2.24) is 4.67 Å². The Labute approximate surface area is 108 Å². The highest BCUT2D eigenvalue weighted by molar-refractivity contribution is 14.1. The van der Waals surface area contributed by atoms with Crippen LogP contribution < -0.4 is 0 Å². The van der Waals surface area contributed by atoms with Gasteiger partial charge in [0.15, 0.2) is 0 Å². The summed E-state index contributed by atoms with van der Waals surface area (Å²) in [5.41, 5.74) is 0. The Morgan fingerprint density at radius 1 is 1.33 bits per heavy atom. The molecule has 0 spiro atoms. The SMILES string of the molecule is CC(C)N(C(C)C)P(CI)OCCC#N. The first kappa shape index (κ1) is 15.6. The summed E-state index contributed by atoms with van der Waals surface area (Å²) >= 11 is 2.36. The summed E-state index contributed by atoms with van der Waals surface area (Å²) in [7, 11) is -0.543. The maximum Gasteiger partial charge on any atom is 0.114 e. The van der Waals surface area contributed by atoms with Crippen molar-refractivity contribution >= 4 is 30.9 Å². The van der Waals surface area contributed by atoms with Crippen molar-refractivity contribution < 1.29 is 4.52 Å². The van der Waals surface area contributed by atoms with Gasteiger partial charge in [0.1, 0.15) is 8.30 Å².